The SMILES string of the molecule is COc1ccc(CCNC(=O)COc2ccc(N(Cc3ccccc3)S(C)(=O)=O)cc2)cc1OC. The Morgan fingerprint density at radius 1 is 0.886 bits per heavy atom. The molecule has 0 unspecified atom stereocenters. The van der Waals surface area contributed by atoms with Crippen molar-refractivity contribution in [2.24, 2.45) is 0 Å². The number of sulfonamides is 1. The summed E-state index contributed by atoms with van der Waals surface area (Å²) >= 11 is 0. The van der Waals surface area contributed by atoms with Gasteiger partial charge in [0.2, 0.25) is 10.0 Å². The van der Waals surface area contributed by atoms with Crippen LogP contribution in [0.1, 0.15) is 11.1 Å². The fraction of sp³-hybridized carbons (Fsp3) is 0.269. The molecule has 3 aromatic rings. The van der Waals surface area contributed by atoms with Crippen molar-refractivity contribution in [3.05, 3.63) is 83.9 Å². The van der Waals surface area contributed by atoms with Crippen molar-refractivity contribution in [1.82, 2.24) is 5.32 Å². The lowest BCUT2D eigenvalue weighted by Gasteiger charge is -2.22. The molecule has 0 aliphatic rings. The van der Waals surface area contributed by atoms with Crippen molar-refractivity contribution in [3.8, 4) is 17.2 Å². The van der Waals surface area contributed by atoms with Gasteiger partial charge >= 0.3 is 0 Å². The zero-order chi connectivity index (χ0) is 25.3. The number of amides is 1. The molecule has 0 saturated heterocycles. The molecule has 0 aliphatic carbocycles. The largest absolute Gasteiger partial charge is 0.493 e. The topological polar surface area (TPSA) is 94.2 Å². The summed E-state index contributed by atoms with van der Waals surface area (Å²) < 4.78 is 42.1. The first-order chi connectivity index (χ1) is 16.8. The molecular weight excluding hydrogens is 468 g/mol. The highest BCUT2D eigenvalue weighted by molar-refractivity contribution is 7.92. The van der Waals surface area contributed by atoms with Gasteiger partial charge < -0.3 is 19.5 Å². The van der Waals surface area contributed by atoms with E-state index in [0.717, 1.165) is 11.1 Å². The van der Waals surface area contributed by atoms with Crippen LogP contribution in [0.2, 0.25) is 0 Å². The van der Waals surface area contributed by atoms with Crippen LogP contribution in [0.25, 0.3) is 0 Å². The molecular formula is C26H30N2O6S. The third kappa shape index (κ3) is 7.65. The van der Waals surface area contributed by atoms with E-state index in [-0.39, 0.29) is 19.1 Å². The monoisotopic (exact) mass is 498 g/mol. The lowest BCUT2D eigenvalue weighted by atomic mass is 10.1. The van der Waals surface area contributed by atoms with Crippen molar-refractivity contribution in [1.29, 1.82) is 0 Å². The van der Waals surface area contributed by atoms with Crippen LogP contribution in [0.5, 0.6) is 17.2 Å². The molecule has 1 N–H and O–H groups in total. The van der Waals surface area contributed by atoms with Crippen molar-refractivity contribution < 1.29 is 27.4 Å². The second-order valence-corrected chi connectivity index (χ2v) is 9.73. The summed E-state index contributed by atoms with van der Waals surface area (Å²) in [6, 6.07) is 21.6. The van der Waals surface area contributed by atoms with Crippen LogP contribution >= 0.6 is 0 Å². The van der Waals surface area contributed by atoms with Gasteiger partial charge in [0.25, 0.3) is 5.91 Å². The molecule has 0 fully saturated rings. The van der Waals surface area contributed by atoms with Crippen LogP contribution in [-0.2, 0) is 27.8 Å². The predicted octanol–water partition coefficient (Wildman–Crippen LogP) is 3.41. The number of anilines is 1. The fourth-order valence-corrected chi connectivity index (χ4v) is 4.33. The van der Waals surface area contributed by atoms with E-state index < -0.39 is 10.0 Å². The van der Waals surface area contributed by atoms with Crippen LogP contribution in [-0.4, -0.2) is 48.0 Å². The number of carbonyl (C=O) groups excluding carboxylic acids is 1. The van der Waals surface area contributed by atoms with Crippen LogP contribution in [0, 0.1) is 0 Å². The molecule has 0 aromatic heterocycles. The molecule has 3 aromatic carbocycles. The van der Waals surface area contributed by atoms with Gasteiger partial charge in [0, 0.05) is 6.54 Å². The van der Waals surface area contributed by atoms with Gasteiger partial charge in [-0.3, -0.25) is 9.10 Å². The molecule has 0 radical (unpaired) electrons. The van der Waals surface area contributed by atoms with E-state index >= 15 is 0 Å². The number of hydrogen-bond acceptors (Lipinski definition) is 6. The number of hydrogen-bond donors (Lipinski definition) is 1. The highest BCUT2D eigenvalue weighted by atomic mass is 32.2. The second kappa shape index (κ2) is 12.1. The first kappa shape index (κ1) is 25.9. The number of carbonyl (C=O) groups is 1. The molecule has 0 atom stereocenters. The minimum absolute atomic E-state index is 0.148. The van der Waals surface area contributed by atoms with Gasteiger partial charge in [0.1, 0.15) is 5.75 Å². The lowest BCUT2D eigenvalue weighted by molar-refractivity contribution is -0.123. The Balaban J connectivity index is 1.50. The van der Waals surface area contributed by atoms with E-state index in [9.17, 15) is 13.2 Å². The average Bonchev–Trinajstić information content (AvgIpc) is 2.86. The normalized spacial score (nSPS) is 10.9. The van der Waals surface area contributed by atoms with Gasteiger partial charge in [-0.05, 0) is 53.9 Å². The number of nitrogens with one attached hydrogen (secondary N) is 1. The molecule has 3 rings (SSSR count). The number of methoxy groups -OCH3 is 2. The van der Waals surface area contributed by atoms with E-state index in [1.54, 1.807) is 38.5 Å². The zero-order valence-corrected chi connectivity index (χ0v) is 20.9. The van der Waals surface area contributed by atoms with Crippen molar-refractivity contribution in [2.75, 3.05) is 37.9 Å². The molecule has 0 aliphatic heterocycles. The Bertz CT molecular complexity index is 1210. The maximum atomic E-state index is 12.3. The van der Waals surface area contributed by atoms with Crippen molar-refractivity contribution in [2.45, 2.75) is 13.0 Å². The molecule has 9 heteroatoms. The Morgan fingerprint density at radius 3 is 2.20 bits per heavy atom. The molecule has 1 amide bonds. The molecule has 186 valence electrons. The van der Waals surface area contributed by atoms with Crippen molar-refractivity contribution in [3.63, 3.8) is 0 Å². The lowest BCUT2D eigenvalue weighted by Crippen LogP contribution is -2.30. The Morgan fingerprint density at radius 2 is 1.57 bits per heavy atom. The zero-order valence-electron chi connectivity index (χ0n) is 20.1. The third-order valence-electron chi connectivity index (χ3n) is 5.25. The maximum Gasteiger partial charge on any atom is 0.257 e. The summed E-state index contributed by atoms with van der Waals surface area (Å²) in [7, 11) is -0.323. The smallest absolute Gasteiger partial charge is 0.257 e. The molecule has 35 heavy (non-hydrogen) atoms. The van der Waals surface area contributed by atoms with Crippen LogP contribution in [0.15, 0.2) is 72.8 Å². The van der Waals surface area contributed by atoms with Gasteiger partial charge in [-0.1, -0.05) is 36.4 Å². The Kier molecular flexibility index (Phi) is 8.97. The molecule has 0 heterocycles. The quantitative estimate of drug-likeness (QED) is 0.411. The first-order valence-electron chi connectivity index (χ1n) is 11.0. The van der Waals surface area contributed by atoms with E-state index in [2.05, 4.69) is 5.32 Å². The van der Waals surface area contributed by atoms with Gasteiger partial charge in [-0.25, -0.2) is 8.42 Å². The summed E-state index contributed by atoms with van der Waals surface area (Å²) in [6.07, 6.45) is 1.80. The first-order valence-corrected chi connectivity index (χ1v) is 12.9. The highest BCUT2D eigenvalue weighted by Gasteiger charge is 2.18. The van der Waals surface area contributed by atoms with Crippen molar-refractivity contribution >= 4 is 21.6 Å². The van der Waals surface area contributed by atoms with Crippen LogP contribution in [0.4, 0.5) is 5.69 Å². The van der Waals surface area contributed by atoms with E-state index in [4.69, 9.17) is 14.2 Å². The summed E-state index contributed by atoms with van der Waals surface area (Å²) in [5.74, 6) is 1.51. The highest BCUT2D eigenvalue weighted by Crippen LogP contribution is 2.27. The molecule has 0 spiro atoms. The molecule has 0 saturated carbocycles. The molecule has 8 nitrogen and oxygen atoms in total. The van der Waals surface area contributed by atoms with Gasteiger partial charge in [0.05, 0.1) is 32.7 Å². The van der Waals surface area contributed by atoms with Crippen LogP contribution in [0.3, 0.4) is 0 Å². The third-order valence-corrected chi connectivity index (χ3v) is 6.39. The van der Waals surface area contributed by atoms with E-state index in [1.165, 1.54) is 10.6 Å². The summed E-state index contributed by atoms with van der Waals surface area (Å²) in [5, 5.41) is 2.82. The van der Waals surface area contributed by atoms with Gasteiger partial charge in [-0.15, -0.1) is 0 Å². The van der Waals surface area contributed by atoms with E-state index in [0.29, 0.717) is 35.9 Å². The summed E-state index contributed by atoms with van der Waals surface area (Å²) in [5.41, 5.74) is 2.40. The summed E-state index contributed by atoms with van der Waals surface area (Å²) in [6.45, 7) is 0.521. The Hall–Kier alpha value is -3.72. The minimum Gasteiger partial charge on any atom is -0.493 e. The minimum atomic E-state index is -3.48. The average molecular weight is 499 g/mol. The molecule has 0 bridgehead atoms. The standard InChI is InChI=1S/C26H30N2O6S/c1-32-24-14-9-20(17-25(24)33-2)15-16-27-26(29)19-34-23-12-10-22(11-13-23)28(35(3,30)31)18-21-7-5-4-6-8-21/h4-14,17H,15-16,18-19H2,1-3H3,(H,27,29). The predicted molar refractivity (Wildman–Crippen MR) is 136 cm³/mol. The number of ether oxygens (including phenoxy) is 3. The van der Waals surface area contributed by atoms with Gasteiger partial charge in [0.15, 0.2) is 18.1 Å². The maximum absolute atomic E-state index is 12.3. The van der Waals surface area contributed by atoms with Crippen LogP contribution < -0.4 is 23.8 Å². The number of nitrogens with zero attached hydrogens (tertiary/aromatic N) is 1. The second-order valence-electron chi connectivity index (χ2n) is 7.83. The fourth-order valence-electron chi connectivity index (χ4n) is 3.44. The number of benzene rings is 3. The Labute approximate surface area is 206 Å². The van der Waals surface area contributed by atoms with E-state index in [1.807, 2.05) is 48.5 Å². The van der Waals surface area contributed by atoms with Gasteiger partial charge in [-0.2, -0.15) is 0 Å². The number of rotatable bonds is 12. The summed E-state index contributed by atoms with van der Waals surface area (Å²) in [4.78, 5) is 12.2.